The minimum atomic E-state index is -0.104. The van der Waals surface area contributed by atoms with E-state index in [0.29, 0.717) is 29.3 Å². The molecule has 4 nitrogen and oxygen atoms in total. The normalized spacial score (nSPS) is 10.9. The van der Waals surface area contributed by atoms with Crippen LogP contribution in [-0.2, 0) is 12.8 Å². The summed E-state index contributed by atoms with van der Waals surface area (Å²) in [6.45, 7) is 2.58. The largest absolute Gasteiger partial charge is 0.350 e. The molecule has 0 radical (unpaired) electrons. The third-order valence-corrected chi connectivity index (χ3v) is 3.99. The second kappa shape index (κ2) is 6.84. The molecule has 0 saturated carbocycles. The first-order chi connectivity index (χ1) is 11.2. The van der Waals surface area contributed by atoms with Crippen LogP contribution in [0.5, 0.6) is 0 Å². The molecule has 23 heavy (non-hydrogen) atoms. The minimum Gasteiger partial charge on any atom is -0.350 e. The molecule has 2 aromatic heterocycles. The first-order valence-electron chi connectivity index (χ1n) is 7.67. The molecule has 0 aliphatic carbocycles. The number of nitrogens with zero attached hydrogens (tertiary/aromatic N) is 2. The molecule has 0 spiro atoms. The lowest BCUT2D eigenvalue weighted by Crippen LogP contribution is -2.27. The van der Waals surface area contributed by atoms with E-state index in [0.717, 1.165) is 12.1 Å². The topological polar surface area (TPSA) is 46.4 Å². The number of amides is 1. The fourth-order valence-electron chi connectivity index (χ4n) is 2.60. The number of carbonyl (C=O) groups excluding carboxylic acids is 1. The fourth-order valence-corrected chi connectivity index (χ4v) is 2.76. The summed E-state index contributed by atoms with van der Waals surface area (Å²) in [6.07, 6.45) is 3.28. The van der Waals surface area contributed by atoms with E-state index in [1.807, 2.05) is 25.1 Å². The van der Waals surface area contributed by atoms with Crippen molar-refractivity contribution in [1.29, 1.82) is 0 Å². The summed E-state index contributed by atoms with van der Waals surface area (Å²) < 4.78 is 1.79. The van der Waals surface area contributed by atoms with E-state index in [1.54, 1.807) is 22.7 Å². The molecule has 0 aliphatic heterocycles. The predicted molar refractivity (Wildman–Crippen MR) is 92.1 cm³/mol. The van der Waals surface area contributed by atoms with Gasteiger partial charge in [-0.15, -0.1) is 0 Å². The van der Waals surface area contributed by atoms with Gasteiger partial charge in [0.1, 0.15) is 11.3 Å². The summed E-state index contributed by atoms with van der Waals surface area (Å²) in [4.78, 5) is 17.1. The van der Waals surface area contributed by atoms with Gasteiger partial charge in [0.2, 0.25) is 0 Å². The molecular weight excluding hydrogens is 310 g/mol. The van der Waals surface area contributed by atoms with Crippen LogP contribution in [0.25, 0.3) is 5.65 Å². The lowest BCUT2D eigenvalue weighted by Gasteiger charge is -2.07. The van der Waals surface area contributed by atoms with Gasteiger partial charge < -0.3 is 5.32 Å². The third kappa shape index (κ3) is 3.37. The van der Waals surface area contributed by atoms with Crippen molar-refractivity contribution in [1.82, 2.24) is 14.7 Å². The van der Waals surface area contributed by atoms with Crippen molar-refractivity contribution < 1.29 is 4.79 Å². The number of aryl methyl sites for hydroxylation is 1. The van der Waals surface area contributed by atoms with Crippen LogP contribution in [0.4, 0.5) is 0 Å². The predicted octanol–water partition coefficient (Wildman–Crippen LogP) is 3.52. The number of hydrogen-bond donors (Lipinski definition) is 1. The molecule has 118 valence electrons. The Kier molecular flexibility index (Phi) is 4.63. The maximum atomic E-state index is 12.6. The number of halogens is 1. The number of rotatable bonds is 5. The van der Waals surface area contributed by atoms with Crippen LogP contribution in [0.15, 0.2) is 48.7 Å². The van der Waals surface area contributed by atoms with Crippen molar-refractivity contribution in [3.8, 4) is 0 Å². The quantitative estimate of drug-likeness (QED) is 0.779. The summed E-state index contributed by atoms with van der Waals surface area (Å²) in [6, 6.07) is 13.6. The van der Waals surface area contributed by atoms with E-state index in [2.05, 4.69) is 22.4 Å². The third-order valence-electron chi connectivity index (χ3n) is 3.75. The zero-order valence-electron chi connectivity index (χ0n) is 12.9. The Hall–Kier alpha value is -2.33. The molecule has 0 fully saturated rings. The van der Waals surface area contributed by atoms with Crippen LogP contribution in [0, 0.1) is 0 Å². The summed E-state index contributed by atoms with van der Waals surface area (Å²) >= 11 is 6.00. The maximum Gasteiger partial charge on any atom is 0.270 e. The van der Waals surface area contributed by atoms with E-state index in [9.17, 15) is 4.79 Å². The summed E-state index contributed by atoms with van der Waals surface area (Å²) in [5.41, 5.74) is 3.27. The average Bonchev–Trinajstić information content (AvgIpc) is 2.93. The Bertz CT molecular complexity index is 827. The number of benzene rings is 1. The highest BCUT2D eigenvalue weighted by Crippen LogP contribution is 2.17. The van der Waals surface area contributed by atoms with Crippen LogP contribution in [-0.4, -0.2) is 21.8 Å². The van der Waals surface area contributed by atoms with Gasteiger partial charge in [-0.1, -0.05) is 48.9 Å². The molecule has 1 aromatic carbocycles. The standard InChI is InChI=1S/C18H18ClN3O/c1-2-15-17(22-11-9-14(19)12-16(22)21-15)18(23)20-10-8-13-6-4-3-5-7-13/h3-7,9,11-12H,2,8,10H2,1H3,(H,20,23). The highest BCUT2D eigenvalue weighted by atomic mass is 35.5. The van der Waals surface area contributed by atoms with Crippen molar-refractivity contribution in [2.24, 2.45) is 0 Å². The molecule has 3 aromatic rings. The zero-order valence-corrected chi connectivity index (χ0v) is 13.7. The Morgan fingerprint density at radius 1 is 1.26 bits per heavy atom. The van der Waals surface area contributed by atoms with Crippen molar-refractivity contribution >= 4 is 23.2 Å². The number of nitrogens with one attached hydrogen (secondary N) is 1. The number of fused-ring (bicyclic) bond motifs is 1. The Morgan fingerprint density at radius 2 is 2.04 bits per heavy atom. The summed E-state index contributed by atoms with van der Waals surface area (Å²) in [5, 5.41) is 3.59. The molecule has 0 bridgehead atoms. The SMILES string of the molecule is CCc1nc2cc(Cl)ccn2c1C(=O)NCCc1ccccc1. The van der Waals surface area contributed by atoms with E-state index < -0.39 is 0 Å². The van der Waals surface area contributed by atoms with E-state index >= 15 is 0 Å². The van der Waals surface area contributed by atoms with Crippen LogP contribution < -0.4 is 5.32 Å². The Labute approximate surface area is 140 Å². The minimum absolute atomic E-state index is 0.104. The molecule has 1 N–H and O–H groups in total. The molecule has 1 amide bonds. The Morgan fingerprint density at radius 3 is 2.78 bits per heavy atom. The first kappa shape index (κ1) is 15.6. The van der Waals surface area contributed by atoms with E-state index in [1.165, 1.54) is 5.56 Å². The molecule has 3 rings (SSSR count). The lowest BCUT2D eigenvalue weighted by molar-refractivity contribution is 0.0947. The molecule has 0 unspecified atom stereocenters. The van der Waals surface area contributed by atoms with Gasteiger partial charge in [-0.25, -0.2) is 4.98 Å². The van der Waals surface area contributed by atoms with E-state index in [-0.39, 0.29) is 5.91 Å². The second-order valence-corrected chi connectivity index (χ2v) is 5.76. The number of imidazole rings is 1. The number of hydrogen-bond acceptors (Lipinski definition) is 2. The van der Waals surface area contributed by atoms with Crippen LogP contribution in [0.2, 0.25) is 5.02 Å². The van der Waals surface area contributed by atoms with Crippen LogP contribution in [0.3, 0.4) is 0 Å². The van der Waals surface area contributed by atoms with E-state index in [4.69, 9.17) is 11.6 Å². The number of aromatic nitrogens is 2. The van der Waals surface area contributed by atoms with Gasteiger partial charge in [0.05, 0.1) is 5.69 Å². The first-order valence-corrected chi connectivity index (χ1v) is 8.05. The number of carbonyl (C=O) groups is 1. The van der Waals surface area contributed by atoms with Gasteiger partial charge in [-0.05, 0) is 24.5 Å². The average molecular weight is 328 g/mol. The zero-order chi connectivity index (χ0) is 16.2. The van der Waals surface area contributed by atoms with Gasteiger partial charge in [0.15, 0.2) is 0 Å². The van der Waals surface area contributed by atoms with Crippen molar-refractivity contribution in [2.45, 2.75) is 19.8 Å². The van der Waals surface area contributed by atoms with Gasteiger partial charge in [-0.2, -0.15) is 0 Å². The van der Waals surface area contributed by atoms with Gasteiger partial charge in [0.25, 0.3) is 5.91 Å². The van der Waals surface area contributed by atoms with Gasteiger partial charge in [0, 0.05) is 23.8 Å². The highest BCUT2D eigenvalue weighted by molar-refractivity contribution is 6.30. The van der Waals surface area contributed by atoms with Gasteiger partial charge in [-0.3, -0.25) is 9.20 Å². The van der Waals surface area contributed by atoms with Gasteiger partial charge >= 0.3 is 0 Å². The molecule has 0 saturated heterocycles. The molecule has 2 heterocycles. The highest BCUT2D eigenvalue weighted by Gasteiger charge is 2.17. The fraction of sp³-hybridized carbons (Fsp3) is 0.222. The summed E-state index contributed by atoms with van der Waals surface area (Å²) in [7, 11) is 0. The summed E-state index contributed by atoms with van der Waals surface area (Å²) in [5.74, 6) is -0.104. The second-order valence-electron chi connectivity index (χ2n) is 5.33. The van der Waals surface area contributed by atoms with Crippen molar-refractivity contribution in [3.63, 3.8) is 0 Å². The smallest absolute Gasteiger partial charge is 0.270 e. The molecule has 5 heteroatoms. The lowest BCUT2D eigenvalue weighted by atomic mass is 10.1. The molecular formula is C18H18ClN3O. The van der Waals surface area contributed by atoms with Crippen molar-refractivity contribution in [3.05, 3.63) is 70.6 Å². The maximum absolute atomic E-state index is 12.6. The van der Waals surface area contributed by atoms with Crippen molar-refractivity contribution in [2.75, 3.05) is 6.54 Å². The van der Waals surface area contributed by atoms with Crippen LogP contribution in [0.1, 0.15) is 28.7 Å². The number of pyridine rings is 1. The molecule has 0 atom stereocenters. The molecule has 0 aliphatic rings. The van der Waals surface area contributed by atoms with Crippen LogP contribution >= 0.6 is 11.6 Å². The Balaban J connectivity index is 1.77. The monoisotopic (exact) mass is 327 g/mol.